The lowest BCUT2D eigenvalue weighted by atomic mass is 10.00. The Hall–Kier alpha value is -0.0231. The van der Waals surface area contributed by atoms with Gasteiger partial charge < -0.3 is 29.6 Å². The van der Waals surface area contributed by atoms with Gasteiger partial charge in [-0.25, -0.2) is 0 Å². The van der Waals surface area contributed by atoms with Crippen LogP contribution in [0.2, 0.25) is 16.6 Å². The summed E-state index contributed by atoms with van der Waals surface area (Å²) in [7, 11) is -2.31. The van der Waals surface area contributed by atoms with E-state index in [1.807, 2.05) is 0 Å². The van der Waals surface area contributed by atoms with Crippen molar-refractivity contribution in [3.63, 3.8) is 0 Å². The van der Waals surface area contributed by atoms with Gasteiger partial charge in [-0.3, -0.25) is 0 Å². The zero-order valence-corrected chi connectivity index (χ0v) is 15.4. The molecule has 0 unspecified atom stereocenters. The van der Waals surface area contributed by atoms with Gasteiger partial charge >= 0.3 is 0 Å². The molecule has 0 bridgehead atoms. The Kier molecular flexibility index (Phi) is 7.01. The molecule has 0 saturated carbocycles. The molecule has 1 aliphatic heterocycles. The van der Waals surface area contributed by atoms with Crippen LogP contribution < -0.4 is 0 Å². The van der Waals surface area contributed by atoms with Crippen LogP contribution in [0.25, 0.3) is 0 Å². The molecule has 22 heavy (non-hydrogen) atoms. The molecule has 1 rings (SSSR count). The van der Waals surface area contributed by atoms with Gasteiger partial charge in [-0.1, -0.05) is 41.5 Å². The average molecular weight is 337 g/mol. The quantitative estimate of drug-likeness (QED) is 0.540. The normalized spacial score (nSPS) is 34.0. The molecular weight excluding hydrogens is 304 g/mol. The SMILES string of the molecule is CC(C)[Si](O[C@H]1O[C@H](CO)[C@@H](O)[C@H](O)[C@H]1O)(C(C)C)C(C)C. The van der Waals surface area contributed by atoms with Crippen molar-refractivity contribution in [1.29, 1.82) is 0 Å². The Balaban J connectivity index is 3.06. The van der Waals surface area contributed by atoms with Crippen molar-refractivity contribution < 1.29 is 29.6 Å². The summed E-state index contributed by atoms with van der Waals surface area (Å²) in [5, 5.41) is 39.3. The van der Waals surface area contributed by atoms with E-state index >= 15 is 0 Å². The Morgan fingerprint density at radius 1 is 0.864 bits per heavy atom. The summed E-state index contributed by atoms with van der Waals surface area (Å²) in [4.78, 5) is 0. The number of ether oxygens (including phenoxy) is 1. The minimum Gasteiger partial charge on any atom is -0.394 e. The minimum atomic E-state index is -2.31. The molecule has 1 saturated heterocycles. The number of aliphatic hydroxyl groups excluding tert-OH is 4. The first kappa shape index (κ1) is 20.0. The van der Waals surface area contributed by atoms with E-state index in [1.165, 1.54) is 0 Å². The number of hydrogen-bond donors (Lipinski definition) is 4. The predicted octanol–water partition coefficient (Wildman–Crippen LogP) is 0.978. The summed E-state index contributed by atoms with van der Waals surface area (Å²) in [6.45, 7) is 12.2. The summed E-state index contributed by atoms with van der Waals surface area (Å²) >= 11 is 0. The van der Waals surface area contributed by atoms with Crippen molar-refractivity contribution >= 4 is 8.32 Å². The van der Waals surface area contributed by atoms with Gasteiger partial charge in [-0.15, -0.1) is 0 Å². The van der Waals surface area contributed by atoms with Crippen LogP contribution in [-0.2, 0) is 9.16 Å². The third kappa shape index (κ3) is 3.56. The molecule has 5 atom stereocenters. The maximum Gasteiger partial charge on any atom is 0.203 e. The fourth-order valence-corrected chi connectivity index (χ4v) is 9.19. The molecule has 1 aliphatic rings. The molecule has 0 spiro atoms. The molecule has 0 aromatic carbocycles. The molecule has 4 N–H and O–H groups in total. The van der Waals surface area contributed by atoms with E-state index < -0.39 is 45.6 Å². The fraction of sp³-hybridized carbons (Fsp3) is 1.00. The van der Waals surface area contributed by atoms with Gasteiger partial charge in [0.05, 0.1) is 6.61 Å². The van der Waals surface area contributed by atoms with Crippen LogP contribution in [-0.4, -0.2) is 66.1 Å². The van der Waals surface area contributed by atoms with Crippen LogP contribution in [0.1, 0.15) is 41.5 Å². The van der Waals surface area contributed by atoms with Gasteiger partial charge in [-0.2, -0.15) is 0 Å². The van der Waals surface area contributed by atoms with E-state index in [2.05, 4.69) is 41.5 Å². The summed E-state index contributed by atoms with van der Waals surface area (Å²) in [6.07, 6.45) is -6.04. The monoisotopic (exact) mass is 336 g/mol. The highest BCUT2D eigenvalue weighted by atomic mass is 28.4. The van der Waals surface area contributed by atoms with E-state index in [4.69, 9.17) is 9.16 Å². The largest absolute Gasteiger partial charge is 0.394 e. The lowest BCUT2D eigenvalue weighted by molar-refractivity contribution is -0.281. The second kappa shape index (κ2) is 7.70. The third-order valence-corrected chi connectivity index (χ3v) is 10.9. The van der Waals surface area contributed by atoms with Crippen molar-refractivity contribution in [2.24, 2.45) is 0 Å². The highest BCUT2D eigenvalue weighted by Crippen LogP contribution is 2.44. The molecule has 6 nitrogen and oxygen atoms in total. The maximum atomic E-state index is 10.2. The van der Waals surface area contributed by atoms with E-state index in [1.54, 1.807) is 0 Å². The zero-order valence-electron chi connectivity index (χ0n) is 14.4. The van der Waals surface area contributed by atoms with E-state index in [9.17, 15) is 20.4 Å². The zero-order chi connectivity index (χ0) is 17.2. The van der Waals surface area contributed by atoms with Crippen molar-refractivity contribution in [2.75, 3.05) is 6.61 Å². The molecule has 0 aromatic rings. The highest BCUT2D eigenvalue weighted by molar-refractivity contribution is 6.77. The molecule has 0 amide bonds. The van der Waals surface area contributed by atoms with Crippen LogP contribution in [0.3, 0.4) is 0 Å². The molecule has 1 fully saturated rings. The smallest absolute Gasteiger partial charge is 0.203 e. The molecular formula is C15H32O6Si. The van der Waals surface area contributed by atoms with Gasteiger partial charge in [-0.05, 0) is 16.6 Å². The maximum absolute atomic E-state index is 10.2. The Labute approximate surface area is 134 Å². The topological polar surface area (TPSA) is 99.4 Å². The minimum absolute atomic E-state index is 0.292. The molecule has 1 heterocycles. The summed E-state index contributed by atoms with van der Waals surface area (Å²) < 4.78 is 11.8. The van der Waals surface area contributed by atoms with Gasteiger partial charge in [0.25, 0.3) is 0 Å². The Bertz CT molecular complexity index is 325. The first-order valence-electron chi connectivity index (χ1n) is 8.07. The summed E-state index contributed by atoms with van der Waals surface area (Å²) in [5.74, 6) is 0. The molecule has 0 aliphatic carbocycles. The van der Waals surface area contributed by atoms with E-state index in [0.29, 0.717) is 16.6 Å². The first-order chi connectivity index (χ1) is 10.1. The van der Waals surface area contributed by atoms with Gasteiger partial charge in [0.2, 0.25) is 8.32 Å². The second-order valence-corrected chi connectivity index (χ2v) is 12.5. The molecule has 132 valence electrons. The van der Waals surface area contributed by atoms with Crippen LogP contribution in [0.4, 0.5) is 0 Å². The summed E-state index contributed by atoms with van der Waals surface area (Å²) in [6, 6.07) is 0. The lowest BCUT2D eigenvalue weighted by Crippen LogP contribution is -2.63. The van der Waals surface area contributed by atoms with Crippen LogP contribution in [0.5, 0.6) is 0 Å². The highest BCUT2D eigenvalue weighted by Gasteiger charge is 2.52. The molecule has 0 radical (unpaired) electrons. The number of rotatable bonds is 6. The van der Waals surface area contributed by atoms with Crippen LogP contribution in [0.15, 0.2) is 0 Å². The molecule has 7 heteroatoms. The Morgan fingerprint density at radius 2 is 1.32 bits per heavy atom. The van der Waals surface area contributed by atoms with Crippen LogP contribution in [0, 0.1) is 0 Å². The fourth-order valence-electron chi connectivity index (χ4n) is 3.77. The third-order valence-electron chi connectivity index (χ3n) is 4.88. The Morgan fingerprint density at radius 3 is 1.68 bits per heavy atom. The lowest BCUT2D eigenvalue weighted by Gasteiger charge is -2.48. The van der Waals surface area contributed by atoms with Crippen molar-refractivity contribution in [3.8, 4) is 0 Å². The number of hydrogen-bond acceptors (Lipinski definition) is 6. The van der Waals surface area contributed by atoms with Crippen molar-refractivity contribution in [3.05, 3.63) is 0 Å². The van der Waals surface area contributed by atoms with Crippen molar-refractivity contribution in [1.82, 2.24) is 0 Å². The van der Waals surface area contributed by atoms with Crippen LogP contribution >= 0.6 is 0 Å². The predicted molar refractivity (Wildman–Crippen MR) is 85.9 cm³/mol. The van der Waals surface area contributed by atoms with E-state index in [0.717, 1.165) is 0 Å². The van der Waals surface area contributed by atoms with Gasteiger partial charge in [0.1, 0.15) is 24.4 Å². The standard InChI is InChI=1S/C15H32O6Si/c1-8(2)22(9(3)4,10(5)6)21-15-14(19)13(18)12(17)11(7-16)20-15/h8-19H,7H2,1-6H3/t11-,12-,13+,14-,15-/m1/s1. The first-order valence-corrected chi connectivity index (χ1v) is 10.2. The van der Waals surface area contributed by atoms with Gasteiger partial charge in [0, 0.05) is 0 Å². The van der Waals surface area contributed by atoms with E-state index in [-0.39, 0.29) is 0 Å². The average Bonchev–Trinajstić information content (AvgIpc) is 2.43. The molecule has 0 aromatic heterocycles. The van der Waals surface area contributed by atoms with Crippen molar-refractivity contribution in [2.45, 2.75) is 88.9 Å². The van der Waals surface area contributed by atoms with Gasteiger partial charge in [0.15, 0.2) is 6.29 Å². The summed E-state index contributed by atoms with van der Waals surface area (Å²) in [5.41, 5.74) is 0.875. The number of aliphatic hydroxyl groups is 4. The second-order valence-electron chi connectivity index (χ2n) is 7.13.